The summed E-state index contributed by atoms with van der Waals surface area (Å²) in [5.41, 5.74) is 6.44. The highest BCUT2D eigenvalue weighted by Gasteiger charge is 2.30. The minimum absolute atomic E-state index is 0.322. The fraction of sp³-hybridized carbons (Fsp3) is 0.0769. The highest BCUT2D eigenvalue weighted by atomic mass is 32.1. The van der Waals surface area contributed by atoms with Gasteiger partial charge >= 0.3 is 6.18 Å². The zero-order chi connectivity index (χ0) is 14.3. The fourth-order valence-electron chi connectivity index (χ4n) is 1.80. The van der Waals surface area contributed by atoms with E-state index in [9.17, 15) is 13.2 Å². The number of hydrogen-bond acceptors (Lipinski definition) is 4. The molecule has 0 amide bonds. The van der Waals surface area contributed by atoms with Crippen molar-refractivity contribution in [2.24, 2.45) is 0 Å². The van der Waals surface area contributed by atoms with Crippen molar-refractivity contribution < 1.29 is 13.2 Å². The summed E-state index contributed by atoms with van der Waals surface area (Å²) in [6, 6.07) is 5.23. The normalized spacial score (nSPS) is 11.9. The van der Waals surface area contributed by atoms with Crippen molar-refractivity contribution in [3.05, 3.63) is 42.2 Å². The van der Waals surface area contributed by atoms with Gasteiger partial charge in [-0.05, 0) is 24.3 Å². The van der Waals surface area contributed by atoms with E-state index in [-0.39, 0.29) is 0 Å². The second-order valence-electron chi connectivity index (χ2n) is 4.21. The molecule has 3 nitrogen and oxygen atoms in total. The van der Waals surface area contributed by atoms with Crippen LogP contribution in [0.2, 0.25) is 0 Å². The summed E-state index contributed by atoms with van der Waals surface area (Å²) in [5.74, 6) is 0. The summed E-state index contributed by atoms with van der Waals surface area (Å²) >= 11 is 1.30. The van der Waals surface area contributed by atoms with Crippen LogP contribution in [0.5, 0.6) is 0 Å². The average molecular weight is 295 g/mol. The Hall–Kier alpha value is -2.15. The van der Waals surface area contributed by atoms with Crippen molar-refractivity contribution in [3.8, 4) is 10.6 Å². The van der Waals surface area contributed by atoms with E-state index in [2.05, 4.69) is 9.97 Å². The molecule has 0 bridgehead atoms. The number of nitrogen functional groups attached to an aromatic ring is 1. The van der Waals surface area contributed by atoms with Crippen molar-refractivity contribution in [2.45, 2.75) is 6.18 Å². The lowest BCUT2D eigenvalue weighted by molar-refractivity contribution is -0.137. The molecule has 3 aromatic rings. The first-order valence-corrected chi connectivity index (χ1v) is 6.44. The molecule has 2 N–H and O–H groups in total. The summed E-state index contributed by atoms with van der Waals surface area (Å²) in [5, 5.41) is 0.596. The van der Waals surface area contributed by atoms with Crippen LogP contribution in [0.4, 0.5) is 18.9 Å². The third-order valence-electron chi connectivity index (χ3n) is 2.72. The molecule has 0 atom stereocenters. The van der Waals surface area contributed by atoms with E-state index in [1.807, 2.05) is 0 Å². The van der Waals surface area contributed by atoms with E-state index < -0.39 is 11.7 Å². The first-order valence-electron chi connectivity index (χ1n) is 5.62. The zero-order valence-corrected chi connectivity index (χ0v) is 10.8. The lowest BCUT2D eigenvalue weighted by Gasteiger charge is -2.04. The molecule has 7 heteroatoms. The molecular weight excluding hydrogens is 287 g/mol. The number of benzene rings is 1. The third-order valence-corrected chi connectivity index (χ3v) is 3.81. The number of rotatable bonds is 1. The molecule has 102 valence electrons. The van der Waals surface area contributed by atoms with Crippen molar-refractivity contribution in [3.63, 3.8) is 0 Å². The second kappa shape index (κ2) is 4.45. The Bertz CT molecular complexity index is 780. The van der Waals surface area contributed by atoms with Crippen LogP contribution in [0, 0.1) is 0 Å². The van der Waals surface area contributed by atoms with E-state index in [1.165, 1.54) is 23.6 Å². The van der Waals surface area contributed by atoms with Crippen LogP contribution in [0.25, 0.3) is 20.8 Å². The number of fused-ring (bicyclic) bond motifs is 1. The van der Waals surface area contributed by atoms with Gasteiger partial charge in [0.1, 0.15) is 5.01 Å². The summed E-state index contributed by atoms with van der Waals surface area (Å²) < 4.78 is 38.6. The molecule has 0 aliphatic heterocycles. The van der Waals surface area contributed by atoms with Crippen LogP contribution >= 0.6 is 11.3 Å². The second-order valence-corrected chi connectivity index (χ2v) is 5.24. The van der Waals surface area contributed by atoms with E-state index in [1.54, 1.807) is 12.3 Å². The molecule has 1 aromatic carbocycles. The first-order chi connectivity index (χ1) is 9.43. The third kappa shape index (κ3) is 2.32. The molecule has 0 aliphatic carbocycles. The Labute approximate surface area is 115 Å². The Morgan fingerprint density at radius 2 is 1.90 bits per heavy atom. The van der Waals surface area contributed by atoms with E-state index >= 15 is 0 Å². The van der Waals surface area contributed by atoms with Gasteiger partial charge in [0.15, 0.2) is 0 Å². The smallest absolute Gasteiger partial charge is 0.397 e. The topological polar surface area (TPSA) is 51.8 Å². The Kier molecular flexibility index (Phi) is 2.86. The summed E-state index contributed by atoms with van der Waals surface area (Å²) in [6.45, 7) is 0. The quantitative estimate of drug-likeness (QED) is 0.739. The molecule has 0 saturated carbocycles. The largest absolute Gasteiger partial charge is 0.416 e. The maximum Gasteiger partial charge on any atom is 0.416 e. The molecule has 0 spiro atoms. The standard InChI is InChI=1S/C13H8F3N3S/c14-13(15,16)8-1-2-11-10(4-8)19-12(20-11)7-3-9(17)6-18-5-7/h1-6H,17H2. The van der Waals surface area contributed by atoms with Crippen LogP contribution in [-0.2, 0) is 6.18 Å². The number of alkyl halides is 3. The summed E-state index contributed by atoms with van der Waals surface area (Å²) in [7, 11) is 0. The number of hydrogen-bond donors (Lipinski definition) is 1. The van der Waals surface area contributed by atoms with Crippen LogP contribution in [0.3, 0.4) is 0 Å². The van der Waals surface area contributed by atoms with E-state index in [0.29, 0.717) is 26.5 Å². The number of anilines is 1. The summed E-state index contributed by atoms with van der Waals surface area (Å²) in [4.78, 5) is 8.17. The fourth-order valence-corrected chi connectivity index (χ4v) is 2.73. The molecule has 0 aliphatic rings. The molecule has 20 heavy (non-hydrogen) atoms. The lowest BCUT2D eigenvalue weighted by Crippen LogP contribution is -2.03. The van der Waals surface area contributed by atoms with Gasteiger partial charge in [-0.3, -0.25) is 4.98 Å². The lowest BCUT2D eigenvalue weighted by atomic mass is 10.2. The van der Waals surface area contributed by atoms with Gasteiger partial charge in [-0.2, -0.15) is 13.2 Å². The predicted octanol–water partition coefficient (Wildman–Crippen LogP) is 3.96. The SMILES string of the molecule is Nc1cncc(-c2nc3cc(C(F)(F)F)ccc3s2)c1. The molecular formula is C13H8F3N3S. The van der Waals surface area contributed by atoms with Gasteiger partial charge in [0, 0.05) is 18.0 Å². The Morgan fingerprint density at radius 3 is 2.60 bits per heavy atom. The van der Waals surface area contributed by atoms with E-state index in [4.69, 9.17) is 5.73 Å². The predicted molar refractivity (Wildman–Crippen MR) is 72.3 cm³/mol. The maximum atomic E-state index is 12.6. The van der Waals surface area contributed by atoms with Crippen molar-refractivity contribution in [1.82, 2.24) is 9.97 Å². The first kappa shape index (κ1) is 12.9. The van der Waals surface area contributed by atoms with Gasteiger partial charge in [0.25, 0.3) is 0 Å². The van der Waals surface area contributed by atoms with Crippen LogP contribution < -0.4 is 5.73 Å². The van der Waals surface area contributed by atoms with Crippen LogP contribution in [-0.4, -0.2) is 9.97 Å². The van der Waals surface area contributed by atoms with Gasteiger partial charge in [-0.25, -0.2) is 4.98 Å². The molecule has 2 aromatic heterocycles. The number of nitrogens with two attached hydrogens (primary N) is 1. The molecule has 0 unspecified atom stereocenters. The molecule has 0 saturated heterocycles. The van der Waals surface area contributed by atoms with Gasteiger partial charge < -0.3 is 5.73 Å². The number of halogens is 3. The van der Waals surface area contributed by atoms with Crippen molar-refractivity contribution >= 4 is 27.2 Å². The van der Waals surface area contributed by atoms with Gasteiger partial charge in [0.2, 0.25) is 0 Å². The minimum Gasteiger partial charge on any atom is -0.397 e. The Morgan fingerprint density at radius 1 is 1.10 bits per heavy atom. The zero-order valence-electron chi connectivity index (χ0n) is 9.98. The molecule has 3 rings (SSSR count). The van der Waals surface area contributed by atoms with E-state index in [0.717, 1.165) is 12.1 Å². The highest BCUT2D eigenvalue weighted by molar-refractivity contribution is 7.21. The monoisotopic (exact) mass is 295 g/mol. The number of aromatic nitrogens is 2. The van der Waals surface area contributed by atoms with Gasteiger partial charge in [-0.1, -0.05) is 0 Å². The summed E-state index contributed by atoms with van der Waals surface area (Å²) in [6.07, 6.45) is -1.28. The van der Waals surface area contributed by atoms with Crippen LogP contribution in [0.1, 0.15) is 5.56 Å². The maximum absolute atomic E-state index is 12.6. The number of thiazole rings is 1. The van der Waals surface area contributed by atoms with Gasteiger partial charge in [-0.15, -0.1) is 11.3 Å². The molecule has 2 heterocycles. The van der Waals surface area contributed by atoms with Crippen LogP contribution in [0.15, 0.2) is 36.7 Å². The molecule has 0 fully saturated rings. The minimum atomic E-state index is -4.36. The highest BCUT2D eigenvalue weighted by Crippen LogP contribution is 2.35. The number of pyridine rings is 1. The van der Waals surface area contributed by atoms with Gasteiger partial charge in [0.05, 0.1) is 21.5 Å². The average Bonchev–Trinajstić information content (AvgIpc) is 2.80. The Balaban J connectivity index is 2.11. The molecule has 0 radical (unpaired) electrons. The van der Waals surface area contributed by atoms with Crippen molar-refractivity contribution in [1.29, 1.82) is 0 Å². The number of nitrogens with zero attached hydrogens (tertiary/aromatic N) is 2. The van der Waals surface area contributed by atoms with Crippen molar-refractivity contribution in [2.75, 3.05) is 5.73 Å².